The largest absolute Gasteiger partial charge is 0.417 e. The number of aromatic nitrogens is 1. The van der Waals surface area contributed by atoms with Crippen molar-refractivity contribution in [3.05, 3.63) is 53.3 Å². The van der Waals surface area contributed by atoms with Gasteiger partial charge in [-0.2, -0.15) is 31.6 Å². The number of thiol groups is 1. The molecule has 4 fully saturated rings. The summed E-state index contributed by atoms with van der Waals surface area (Å²) >= 11 is 4.69. The molecule has 322 valence electrons. The topological polar surface area (TPSA) is 151 Å². The first-order valence-corrected chi connectivity index (χ1v) is 19.4. The summed E-state index contributed by atoms with van der Waals surface area (Å²) in [5.41, 5.74) is -3.02. The second-order valence-electron chi connectivity index (χ2n) is 15.5. The van der Waals surface area contributed by atoms with Crippen molar-refractivity contribution in [2.24, 2.45) is 0 Å². The number of alkyl halides is 6. The van der Waals surface area contributed by atoms with E-state index in [9.17, 15) is 50.8 Å². The molecule has 1 unspecified atom stereocenters. The maximum atomic E-state index is 14.2. The van der Waals surface area contributed by atoms with Crippen molar-refractivity contribution in [2.75, 3.05) is 49.5 Å². The number of anilines is 2. The second-order valence-corrected chi connectivity index (χ2v) is 15.9. The molecular weight excluding hydrogens is 830 g/mol. The fourth-order valence-corrected chi connectivity index (χ4v) is 9.01. The van der Waals surface area contributed by atoms with Gasteiger partial charge in [0, 0.05) is 44.3 Å². The Morgan fingerprint density at radius 3 is 2.37 bits per heavy atom. The summed E-state index contributed by atoms with van der Waals surface area (Å²) in [4.78, 5) is 60.1. The van der Waals surface area contributed by atoms with Crippen molar-refractivity contribution < 1.29 is 50.3 Å². The summed E-state index contributed by atoms with van der Waals surface area (Å²) in [6.07, 6.45) is -5.44. The van der Waals surface area contributed by atoms with E-state index in [0.29, 0.717) is 37.8 Å². The Bertz CT molecular complexity index is 1930. The molecule has 1 aliphatic carbocycles. The number of nitrogens with zero attached hydrogens (tertiary/aromatic N) is 6. The maximum absolute atomic E-state index is 14.2. The molecule has 2 N–H and O–H groups in total. The molecule has 13 nitrogen and oxygen atoms in total. The van der Waals surface area contributed by atoms with Crippen LogP contribution in [0.4, 0.5) is 37.7 Å². The molecule has 3 saturated heterocycles. The van der Waals surface area contributed by atoms with E-state index in [1.54, 1.807) is 24.8 Å². The Morgan fingerprint density at radius 2 is 1.76 bits per heavy atom. The zero-order chi connectivity index (χ0) is 42.2. The standard InChI is InChI=1S/C38H44F6N8O5S.ClH/c1-36(2)34(56)51(25-5-3-22(18-45)28(17-25)37(39,40)41)35(58)52(36)24-6-8-26(9-7-24)57-16-15-49-13-14-50(30(20-49)38(42,43)44)21-32(54)47-23-4-11-29(46-19-23)27-10-12-31(53)48-33(27)55;/h3-5,11,17,19,24,26-27,30,35,58H,6-10,12-16,20-21H2,1-2H3,(H,47,54)(H,48,53,55);1H/t24?,26?,27?,30-,35+;/m1./s1. The first kappa shape index (κ1) is 46.1. The first-order valence-electron chi connectivity index (χ1n) is 18.9. The summed E-state index contributed by atoms with van der Waals surface area (Å²) in [6, 6.07) is 5.68. The predicted molar refractivity (Wildman–Crippen MR) is 207 cm³/mol. The molecule has 0 bridgehead atoms. The SMILES string of the molecule is CC1(C)C(=O)N(c2ccc(C#N)c(C(F)(F)F)c2)[C@H](S)N1C1CCC(OCCN2CCN(CC(=O)Nc3ccc(C4CCC(=O)NC4=O)nc3)[C@@H](C(F)(F)F)C2)CC1.Cl. The highest BCUT2D eigenvalue weighted by atomic mass is 35.5. The van der Waals surface area contributed by atoms with Gasteiger partial charge in [-0.3, -0.25) is 49.1 Å². The number of benzene rings is 1. The van der Waals surface area contributed by atoms with Gasteiger partial charge in [0.15, 0.2) is 0 Å². The van der Waals surface area contributed by atoms with E-state index >= 15 is 0 Å². The van der Waals surface area contributed by atoms with Crippen LogP contribution in [0, 0.1) is 11.3 Å². The highest BCUT2D eigenvalue weighted by molar-refractivity contribution is 7.81. The Morgan fingerprint density at radius 1 is 1.05 bits per heavy atom. The van der Waals surface area contributed by atoms with Gasteiger partial charge in [-0.25, -0.2) is 0 Å². The third kappa shape index (κ3) is 10.3. The molecule has 3 atom stereocenters. The lowest BCUT2D eigenvalue weighted by Crippen LogP contribution is -2.60. The van der Waals surface area contributed by atoms with Gasteiger partial charge < -0.3 is 10.1 Å². The number of carbonyl (C=O) groups excluding carboxylic acids is 4. The quantitative estimate of drug-likeness (QED) is 0.168. The van der Waals surface area contributed by atoms with E-state index in [2.05, 4.69) is 28.2 Å². The van der Waals surface area contributed by atoms with Gasteiger partial charge in [-0.1, -0.05) is 0 Å². The average molecular weight is 875 g/mol. The number of hydrogen-bond acceptors (Lipinski definition) is 11. The van der Waals surface area contributed by atoms with E-state index in [1.807, 2.05) is 4.90 Å². The molecule has 1 saturated carbocycles. The van der Waals surface area contributed by atoms with Crippen molar-refractivity contribution in [2.45, 2.75) is 99.9 Å². The number of nitrogens with one attached hydrogen (secondary N) is 2. The lowest BCUT2D eigenvalue weighted by molar-refractivity contribution is -0.197. The van der Waals surface area contributed by atoms with Crippen LogP contribution >= 0.6 is 25.0 Å². The maximum Gasteiger partial charge on any atom is 0.417 e. The highest BCUT2D eigenvalue weighted by Gasteiger charge is 2.54. The van der Waals surface area contributed by atoms with Crippen LogP contribution in [0.2, 0.25) is 0 Å². The lowest BCUT2D eigenvalue weighted by atomic mass is 9.89. The summed E-state index contributed by atoms with van der Waals surface area (Å²) in [6.45, 7) is 3.22. The molecule has 0 spiro atoms. The van der Waals surface area contributed by atoms with Crippen LogP contribution in [0.25, 0.3) is 0 Å². The molecule has 1 aromatic carbocycles. The van der Waals surface area contributed by atoms with Crippen LogP contribution < -0.4 is 15.5 Å². The minimum Gasteiger partial charge on any atom is -0.377 e. The first-order chi connectivity index (χ1) is 27.3. The van der Waals surface area contributed by atoms with Crippen molar-refractivity contribution in [3.63, 3.8) is 0 Å². The third-order valence-electron chi connectivity index (χ3n) is 11.3. The molecule has 4 heterocycles. The van der Waals surface area contributed by atoms with Gasteiger partial charge in [0.1, 0.15) is 11.5 Å². The number of piperidine rings is 1. The van der Waals surface area contributed by atoms with Crippen LogP contribution in [-0.2, 0) is 30.1 Å². The summed E-state index contributed by atoms with van der Waals surface area (Å²) in [5, 5.41) is 14.0. The molecular formula is C38H45ClF6N8O5S. The lowest BCUT2D eigenvalue weighted by Gasteiger charge is -2.42. The number of amides is 4. The van der Waals surface area contributed by atoms with Gasteiger partial charge in [0.25, 0.3) is 0 Å². The fraction of sp³-hybridized carbons (Fsp3) is 0.579. The molecule has 4 aliphatic rings. The van der Waals surface area contributed by atoms with E-state index in [0.717, 1.165) is 17.0 Å². The Labute approximate surface area is 348 Å². The van der Waals surface area contributed by atoms with E-state index < -0.39 is 70.7 Å². The fourth-order valence-electron chi connectivity index (χ4n) is 8.30. The highest BCUT2D eigenvalue weighted by Crippen LogP contribution is 2.43. The van der Waals surface area contributed by atoms with Crippen LogP contribution in [0.3, 0.4) is 0 Å². The molecule has 2 aromatic rings. The van der Waals surface area contributed by atoms with Crippen molar-refractivity contribution in [1.29, 1.82) is 5.26 Å². The monoisotopic (exact) mass is 874 g/mol. The second kappa shape index (κ2) is 18.3. The molecule has 3 aliphatic heterocycles. The number of piperazine rings is 1. The Kier molecular flexibility index (Phi) is 14.3. The van der Waals surface area contributed by atoms with E-state index in [1.165, 1.54) is 29.3 Å². The Balaban J connectivity index is 0.00000661. The number of imide groups is 1. The van der Waals surface area contributed by atoms with Gasteiger partial charge in [-0.05, 0) is 76.3 Å². The molecule has 59 heavy (non-hydrogen) atoms. The molecule has 0 radical (unpaired) electrons. The normalized spacial score (nSPS) is 25.9. The zero-order valence-corrected chi connectivity index (χ0v) is 33.9. The van der Waals surface area contributed by atoms with Crippen molar-refractivity contribution >= 4 is 60.0 Å². The number of pyridine rings is 1. The zero-order valence-electron chi connectivity index (χ0n) is 32.2. The van der Waals surface area contributed by atoms with Crippen molar-refractivity contribution in [3.8, 4) is 6.07 Å². The van der Waals surface area contributed by atoms with Crippen LogP contribution in [0.15, 0.2) is 36.5 Å². The number of ether oxygens (including phenoxy) is 1. The summed E-state index contributed by atoms with van der Waals surface area (Å²) < 4.78 is 90.0. The smallest absolute Gasteiger partial charge is 0.377 e. The van der Waals surface area contributed by atoms with Gasteiger partial charge in [-0.15, -0.1) is 25.0 Å². The number of carbonyl (C=O) groups is 4. The van der Waals surface area contributed by atoms with Crippen molar-refractivity contribution in [1.82, 2.24) is 25.0 Å². The van der Waals surface area contributed by atoms with Crippen LogP contribution in [0.5, 0.6) is 0 Å². The summed E-state index contributed by atoms with van der Waals surface area (Å²) in [5.74, 6) is -2.53. The number of halogens is 7. The number of nitriles is 1. The average Bonchev–Trinajstić information content (AvgIpc) is 3.33. The minimum absolute atomic E-state index is 0. The molecule has 4 amide bonds. The Hall–Kier alpha value is -4.00. The van der Waals surface area contributed by atoms with E-state index in [4.69, 9.17) is 4.74 Å². The van der Waals surface area contributed by atoms with E-state index in [-0.39, 0.29) is 81.0 Å². The predicted octanol–water partition coefficient (Wildman–Crippen LogP) is 5.07. The molecule has 21 heteroatoms. The number of hydrogen-bond donors (Lipinski definition) is 3. The minimum atomic E-state index is -4.80. The summed E-state index contributed by atoms with van der Waals surface area (Å²) in [7, 11) is 0. The van der Waals surface area contributed by atoms with Crippen LogP contribution in [-0.4, -0.2) is 118 Å². The van der Waals surface area contributed by atoms with Crippen LogP contribution in [0.1, 0.15) is 75.1 Å². The molecule has 6 rings (SSSR count). The number of rotatable bonds is 10. The van der Waals surface area contributed by atoms with Gasteiger partial charge in [0.2, 0.25) is 23.6 Å². The third-order valence-corrected chi connectivity index (χ3v) is 11.8. The van der Waals surface area contributed by atoms with Gasteiger partial charge >= 0.3 is 12.4 Å². The molecule has 1 aromatic heterocycles. The van der Waals surface area contributed by atoms with Gasteiger partial charge in [0.05, 0.1) is 65.5 Å².